The first-order valence-corrected chi connectivity index (χ1v) is 7.92. The third-order valence-corrected chi connectivity index (χ3v) is 3.86. The van der Waals surface area contributed by atoms with Crippen LogP contribution < -0.4 is 20.5 Å². The number of amides is 1. The molecule has 2 aromatic rings. The summed E-state index contributed by atoms with van der Waals surface area (Å²) in [5, 5.41) is 2.88. The monoisotopic (exact) mass is 328 g/mol. The zero-order valence-corrected chi connectivity index (χ0v) is 14.1. The zero-order valence-electron chi connectivity index (χ0n) is 14.1. The Kier molecular flexibility index (Phi) is 6.63. The van der Waals surface area contributed by atoms with Crippen LogP contribution in [0.3, 0.4) is 0 Å². The van der Waals surface area contributed by atoms with Crippen molar-refractivity contribution in [1.29, 1.82) is 0 Å². The minimum absolute atomic E-state index is 0.0359. The van der Waals surface area contributed by atoms with Crippen molar-refractivity contribution >= 4 is 5.91 Å². The molecule has 3 N–H and O–H groups in total. The standard InChI is InChI=1S/C19H24N2O3/c1-23-16-9-10-18(24-2)15(12-16)8-11-19(22)21-13-17(20)14-6-4-3-5-7-14/h3-7,9-10,12,17H,8,11,13,20H2,1-2H3,(H,21,22). The van der Waals surface area contributed by atoms with Gasteiger partial charge in [-0.25, -0.2) is 0 Å². The van der Waals surface area contributed by atoms with Gasteiger partial charge in [0, 0.05) is 19.0 Å². The maximum Gasteiger partial charge on any atom is 0.220 e. The number of hydrogen-bond donors (Lipinski definition) is 2. The predicted molar refractivity (Wildman–Crippen MR) is 94.2 cm³/mol. The number of benzene rings is 2. The number of aryl methyl sites for hydroxylation is 1. The summed E-state index contributed by atoms with van der Waals surface area (Å²) >= 11 is 0. The molecule has 1 atom stereocenters. The Morgan fingerprint density at radius 1 is 1.12 bits per heavy atom. The van der Waals surface area contributed by atoms with Crippen molar-refractivity contribution in [3.05, 3.63) is 59.7 Å². The van der Waals surface area contributed by atoms with Crippen molar-refractivity contribution in [1.82, 2.24) is 5.32 Å². The molecule has 0 bridgehead atoms. The largest absolute Gasteiger partial charge is 0.497 e. The minimum atomic E-state index is -0.207. The quantitative estimate of drug-likeness (QED) is 0.781. The molecular formula is C19H24N2O3. The highest BCUT2D eigenvalue weighted by Gasteiger charge is 2.10. The van der Waals surface area contributed by atoms with Crippen LogP contribution in [0.4, 0.5) is 0 Å². The second-order valence-corrected chi connectivity index (χ2v) is 5.50. The molecule has 0 spiro atoms. The van der Waals surface area contributed by atoms with Crippen LogP contribution in [0.15, 0.2) is 48.5 Å². The predicted octanol–water partition coefficient (Wildman–Crippen LogP) is 2.45. The van der Waals surface area contributed by atoms with Gasteiger partial charge >= 0.3 is 0 Å². The molecule has 128 valence electrons. The highest BCUT2D eigenvalue weighted by molar-refractivity contribution is 5.76. The highest BCUT2D eigenvalue weighted by atomic mass is 16.5. The van der Waals surface area contributed by atoms with Gasteiger partial charge in [0.05, 0.1) is 14.2 Å². The third-order valence-electron chi connectivity index (χ3n) is 3.86. The number of hydrogen-bond acceptors (Lipinski definition) is 4. The average Bonchev–Trinajstić information content (AvgIpc) is 2.64. The van der Waals surface area contributed by atoms with Gasteiger partial charge in [-0.3, -0.25) is 4.79 Å². The summed E-state index contributed by atoms with van der Waals surface area (Å²) in [7, 11) is 3.23. The number of nitrogens with two attached hydrogens (primary N) is 1. The van der Waals surface area contributed by atoms with Crippen molar-refractivity contribution in [2.24, 2.45) is 5.73 Å². The molecular weight excluding hydrogens is 304 g/mol. The molecule has 0 radical (unpaired) electrons. The van der Waals surface area contributed by atoms with E-state index in [4.69, 9.17) is 15.2 Å². The second-order valence-electron chi connectivity index (χ2n) is 5.50. The van der Waals surface area contributed by atoms with Crippen LogP contribution in [-0.2, 0) is 11.2 Å². The molecule has 1 amide bonds. The summed E-state index contributed by atoms with van der Waals surface area (Å²) in [6.45, 7) is 0.415. The van der Waals surface area contributed by atoms with E-state index in [1.165, 1.54) is 0 Å². The van der Waals surface area contributed by atoms with Crippen molar-refractivity contribution < 1.29 is 14.3 Å². The molecule has 0 aliphatic rings. The zero-order chi connectivity index (χ0) is 17.4. The topological polar surface area (TPSA) is 73.6 Å². The van der Waals surface area contributed by atoms with Gasteiger partial charge in [-0.15, -0.1) is 0 Å². The molecule has 0 saturated heterocycles. The summed E-state index contributed by atoms with van der Waals surface area (Å²) in [6.07, 6.45) is 0.942. The Bertz CT molecular complexity index is 659. The lowest BCUT2D eigenvalue weighted by molar-refractivity contribution is -0.121. The van der Waals surface area contributed by atoms with Crippen molar-refractivity contribution in [3.63, 3.8) is 0 Å². The Hall–Kier alpha value is -2.53. The van der Waals surface area contributed by atoms with Gasteiger partial charge in [-0.1, -0.05) is 30.3 Å². The summed E-state index contributed by atoms with van der Waals surface area (Å²) in [6, 6.07) is 15.1. The maximum absolute atomic E-state index is 12.1. The van der Waals surface area contributed by atoms with E-state index in [1.54, 1.807) is 14.2 Å². The van der Waals surface area contributed by atoms with Crippen LogP contribution in [0, 0.1) is 0 Å². The molecule has 0 fully saturated rings. The number of methoxy groups -OCH3 is 2. The van der Waals surface area contributed by atoms with E-state index >= 15 is 0 Å². The van der Waals surface area contributed by atoms with Gasteiger partial charge in [-0.05, 0) is 35.7 Å². The van der Waals surface area contributed by atoms with E-state index in [0.717, 1.165) is 22.6 Å². The van der Waals surface area contributed by atoms with Gasteiger partial charge in [0.2, 0.25) is 5.91 Å². The summed E-state index contributed by atoms with van der Waals surface area (Å²) in [5.41, 5.74) is 8.03. The molecule has 5 nitrogen and oxygen atoms in total. The second kappa shape index (κ2) is 8.93. The van der Waals surface area contributed by atoms with Crippen LogP contribution in [0.25, 0.3) is 0 Å². The molecule has 2 rings (SSSR count). The maximum atomic E-state index is 12.1. The first kappa shape index (κ1) is 17.8. The van der Waals surface area contributed by atoms with Gasteiger partial charge in [0.15, 0.2) is 0 Å². The Morgan fingerprint density at radius 2 is 1.88 bits per heavy atom. The van der Waals surface area contributed by atoms with Crippen molar-refractivity contribution in [2.75, 3.05) is 20.8 Å². The van der Waals surface area contributed by atoms with Crippen LogP contribution in [0.5, 0.6) is 11.5 Å². The van der Waals surface area contributed by atoms with Crippen molar-refractivity contribution in [3.8, 4) is 11.5 Å². The van der Waals surface area contributed by atoms with E-state index in [-0.39, 0.29) is 11.9 Å². The smallest absolute Gasteiger partial charge is 0.220 e. The molecule has 24 heavy (non-hydrogen) atoms. The van der Waals surface area contributed by atoms with Gasteiger partial charge in [0.1, 0.15) is 11.5 Å². The van der Waals surface area contributed by atoms with Crippen LogP contribution in [0.2, 0.25) is 0 Å². The van der Waals surface area contributed by atoms with E-state index < -0.39 is 0 Å². The summed E-state index contributed by atoms with van der Waals surface area (Å²) in [4.78, 5) is 12.1. The minimum Gasteiger partial charge on any atom is -0.497 e. The number of ether oxygens (including phenoxy) is 2. The summed E-state index contributed by atoms with van der Waals surface area (Å²) < 4.78 is 10.5. The lowest BCUT2D eigenvalue weighted by Gasteiger charge is -2.14. The van der Waals surface area contributed by atoms with E-state index in [1.807, 2.05) is 48.5 Å². The average molecular weight is 328 g/mol. The first-order valence-electron chi connectivity index (χ1n) is 7.92. The van der Waals surface area contributed by atoms with Gasteiger partial charge in [-0.2, -0.15) is 0 Å². The Labute approximate surface area is 142 Å². The highest BCUT2D eigenvalue weighted by Crippen LogP contribution is 2.25. The van der Waals surface area contributed by atoms with Gasteiger partial charge < -0.3 is 20.5 Å². The van der Waals surface area contributed by atoms with E-state index in [2.05, 4.69) is 5.32 Å². The SMILES string of the molecule is COc1ccc(OC)c(CCC(=O)NCC(N)c2ccccc2)c1. The van der Waals surface area contributed by atoms with Crippen molar-refractivity contribution in [2.45, 2.75) is 18.9 Å². The fraction of sp³-hybridized carbons (Fsp3) is 0.316. The Morgan fingerprint density at radius 3 is 2.54 bits per heavy atom. The first-order chi connectivity index (χ1) is 11.6. The lowest BCUT2D eigenvalue weighted by Crippen LogP contribution is -2.32. The molecule has 0 aliphatic carbocycles. The molecule has 0 heterocycles. The number of nitrogens with one attached hydrogen (secondary N) is 1. The lowest BCUT2D eigenvalue weighted by atomic mass is 10.1. The number of carbonyl (C=O) groups excluding carboxylic acids is 1. The normalized spacial score (nSPS) is 11.6. The molecule has 0 aliphatic heterocycles. The molecule has 1 unspecified atom stereocenters. The van der Waals surface area contributed by atoms with E-state index in [0.29, 0.717) is 19.4 Å². The van der Waals surface area contributed by atoms with Crippen LogP contribution in [0.1, 0.15) is 23.6 Å². The van der Waals surface area contributed by atoms with Crippen LogP contribution >= 0.6 is 0 Å². The number of carbonyl (C=O) groups is 1. The molecule has 5 heteroatoms. The van der Waals surface area contributed by atoms with Gasteiger partial charge in [0.25, 0.3) is 0 Å². The fourth-order valence-electron chi connectivity index (χ4n) is 2.46. The molecule has 2 aromatic carbocycles. The molecule has 0 saturated carbocycles. The van der Waals surface area contributed by atoms with E-state index in [9.17, 15) is 4.79 Å². The molecule has 0 aromatic heterocycles. The summed E-state index contributed by atoms with van der Waals surface area (Å²) in [5.74, 6) is 1.47. The number of rotatable bonds is 8. The fourth-order valence-corrected chi connectivity index (χ4v) is 2.46. The van der Waals surface area contributed by atoms with Crippen LogP contribution in [-0.4, -0.2) is 26.7 Å². The Balaban J connectivity index is 1.85. The third kappa shape index (κ3) is 4.99.